The Kier molecular flexibility index (Phi) is 6.69. The summed E-state index contributed by atoms with van der Waals surface area (Å²) in [4.78, 5) is 26.6. The fraction of sp³-hybridized carbons (Fsp3) is 0.391. The molecule has 5 heteroatoms. The van der Waals surface area contributed by atoms with Crippen LogP contribution in [-0.4, -0.2) is 31.0 Å². The van der Waals surface area contributed by atoms with E-state index in [1.54, 1.807) is 4.90 Å². The second-order valence-corrected chi connectivity index (χ2v) is 7.34. The van der Waals surface area contributed by atoms with Gasteiger partial charge in [0.2, 0.25) is 11.8 Å². The molecular formula is C23H28N2O3. The lowest BCUT2D eigenvalue weighted by Crippen LogP contribution is -2.42. The molecule has 2 aromatic rings. The van der Waals surface area contributed by atoms with Crippen LogP contribution in [0.5, 0.6) is 5.75 Å². The molecule has 0 aromatic heterocycles. The van der Waals surface area contributed by atoms with Gasteiger partial charge in [0.15, 0.2) is 0 Å². The van der Waals surface area contributed by atoms with Gasteiger partial charge in [0.05, 0.1) is 12.2 Å². The Bertz CT molecular complexity index is 820. The first kappa shape index (κ1) is 19.9. The van der Waals surface area contributed by atoms with Crippen molar-refractivity contribution in [1.29, 1.82) is 0 Å². The van der Waals surface area contributed by atoms with Crippen molar-refractivity contribution in [2.75, 3.05) is 18.0 Å². The summed E-state index contributed by atoms with van der Waals surface area (Å²) < 4.78 is 5.82. The fourth-order valence-corrected chi connectivity index (χ4v) is 3.39. The first-order chi connectivity index (χ1) is 13.5. The molecule has 0 spiro atoms. The van der Waals surface area contributed by atoms with Crippen LogP contribution in [0.4, 0.5) is 5.69 Å². The molecule has 0 aliphatic carbocycles. The highest BCUT2D eigenvalue weighted by Gasteiger charge is 2.27. The molecule has 1 atom stereocenters. The summed E-state index contributed by atoms with van der Waals surface area (Å²) in [7, 11) is 0. The van der Waals surface area contributed by atoms with Crippen molar-refractivity contribution >= 4 is 17.5 Å². The smallest absolute Gasteiger partial charge is 0.227 e. The molecule has 2 amide bonds. The minimum Gasteiger partial charge on any atom is -0.487 e. The molecule has 1 aliphatic rings. The predicted octanol–water partition coefficient (Wildman–Crippen LogP) is 3.64. The van der Waals surface area contributed by atoms with E-state index in [1.807, 2.05) is 50.2 Å². The number of benzene rings is 2. The van der Waals surface area contributed by atoms with Crippen molar-refractivity contribution in [2.24, 2.45) is 0 Å². The predicted molar refractivity (Wildman–Crippen MR) is 111 cm³/mol. The van der Waals surface area contributed by atoms with E-state index >= 15 is 0 Å². The van der Waals surface area contributed by atoms with Crippen LogP contribution >= 0.6 is 0 Å². The lowest BCUT2D eigenvalue weighted by molar-refractivity contribution is -0.125. The highest BCUT2D eigenvalue weighted by Crippen LogP contribution is 2.34. The van der Waals surface area contributed by atoms with Gasteiger partial charge in [-0.15, -0.1) is 0 Å². The summed E-state index contributed by atoms with van der Waals surface area (Å²) in [5.41, 5.74) is 3.14. The molecule has 28 heavy (non-hydrogen) atoms. The van der Waals surface area contributed by atoms with Crippen LogP contribution in [0.3, 0.4) is 0 Å². The molecule has 0 saturated heterocycles. The van der Waals surface area contributed by atoms with Crippen LogP contribution in [0, 0.1) is 6.92 Å². The Morgan fingerprint density at radius 3 is 2.71 bits per heavy atom. The van der Waals surface area contributed by atoms with E-state index in [0.717, 1.165) is 29.8 Å². The average Bonchev–Trinajstić information content (AvgIpc) is 2.70. The van der Waals surface area contributed by atoms with E-state index in [9.17, 15) is 9.59 Å². The third-order valence-electron chi connectivity index (χ3n) is 4.85. The van der Waals surface area contributed by atoms with Gasteiger partial charge in [-0.05, 0) is 49.9 Å². The molecule has 2 aromatic carbocycles. The molecule has 5 nitrogen and oxygen atoms in total. The second-order valence-electron chi connectivity index (χ2n) is 7.34. The summed E-state index contributed by atoms with van der Waals surface area (Å²) in [6, 6.07) is 16.0. The number of anilines is 1. The van der Waals surface area contributed by atoms with E-state index in [4.69, 9.17) is 4.74 Å². The minimum absolute atomic E-state index is 0.0403. The zero-order valence-electron chi connectivity index (χ0n) is 16.6. The van der Waals surface area contributed by atoms with E-state index in [1.165, 1.54) is 5.56 Å². The van der Waals surface area contributed by atoms with Crippen molar-refractivity contribution < 1.29 is 14.3 Å². The molecule has 1 aliphatic heterocycles. The number of nitrogens with one attached hydrogen (secondary N) is 1. The summed E-state index contributed by atoms with van der Waals surface area (Å²) in [6.45, 7) is 5.07. The number of nitrogens with zero attached hydrogens (tertiary/aromatic N) is 1. The van der Waals surface area contributed by atoms with Crippen LogP contribution in [-0.2, 0) is 16.0 Å². The average molecular weight is 380 g/mol. The van der Waals surface area contributed by atoms with Gasteiger partial charge in [0.25, 0.3) is 0 Å². The number of rotatable bonds is 7. The largest absolute Gasteiger partial charge is 0.487 e. The number of hydrogen-bond donors (Lipinski definition) is 1. The molecule has 1 N–H and O–H groups in total. The third kappa shape index (κ3) is 5.35. The third-order valence-corrected chi connectivity index (χ3v) is 4.85. The van der Waals surface area contributed by atoms with Gasteiger partial charge < -0.3 is 15.0 Å². The zero-order valence-corrected chi connectivity index (χ0v) is 16.6. The molecular weight excluding hydrogens is 352 g/mol. The minimum atomic E-state index is -0.0767. The van der Waals surface area contributed by atoms with E-state index in [0.29, 0.717) is 13.1 Å². The number of fused-ring (bicyclic) bond motifs is 1. The van der Waals surface area contributed by atoms with Crippen molar-refractivity contribution in [3.63, 3.8) is 0 Å². The molecule has 0 saturated carbocycles. The Balaban J connectivity index is 1.45. The summed E-state index contributed by atoms with van der Waals surface area (Å²) >= 11 is 0. The summed E-state index contributed by atoms with van der Waals surface area (Å²) in [6.07, 6.45) is 2.16. The fourth-order valence-electron chi connectivity index (χ4n) is 3.39. The van der Waals surface area contributed by atoms with Gasteiger partial charge in [-0.2, -0.15) is 0 Å². The Hall–Kier alpha value is -2.82. The molecule has 0 fully saturated rings. The van der Waals surface area contributed by atoms with Crippen LogP contribution < -0.4 is 15.0 Å². The molecule has 0 bridgehead atoms. The lowest BCUT2D eigenvalue weighted by atomic mass is 10.1. The first-order valence-electron chi connectivity index (χ1n) is 9.91. The standard InChI is InChI=1S/C23H28N2O3/c1-17-10-11-21-20(15-17)25(16-18(2)28-21)23(27)13-12-22(26)24-14-6-9-19-7-4-3-5-8-19/h3-5,7-8,10-11,15,18H,6,9,12-14,16H2,1-2H3,(H,24,26). The zero-order chi connectivity index (χ0) is 19.9. The van der Waals surface area contributed by atoms with Crippen LogP contribution in [0.15, 0.2) is 48.5 Å². The van der Waals surface area contributed by atoms with Gasteiger partial charge in [0, 0.05) is 19.4 Å². The van der Waals surface area contributed by atoms with E-state index in [-0.39, 0.29) is 30.8 Å². The first-order valence-corrected chi connectivity index (χ1v) is 9.91. The molecule has 0 radical (unpaired) electrons. The highest BCUT2D eigenvalue weighted by atomic mass is 16.5. The number of amides is 2. The van der Waals surface area contributed by atoms with Gasteiger partial charge in [-0.25, -0.2) is 0 Å². The van der Waals surface area contributed by atoms with E-state index in [2.05, 4.69) is 17.4 Å². The molecule has 1 heterocycles. The summed E-state index contributed by atoms with van der Waals surface area (Å²) in [5, 5.41) is 2.91. The van der Waals surface area contributed by atoms with Crippen molar-refractivity contribution in [3.05, 3.63) is 59.7 Å². The van der Waals surface area contributed by atoms with Crippen LogP contribution in [0.25, 0.3) is 0 Å². The number of hydrogen-bond acceptors (Lipinski definition) is 3. The van der Waals surface area contributed by atoms with Crippen LogP contribution in [0.2, 0.25) is 0 Å². The quantitative estimate of drug-likeness (QED) is 0.746. The Morgan fingerprint density at radius 2 is 1.93 bits per heavy atom. The normalized spacial score (nSPS) is 15.5. The van der Waals surface area contributed by atoms with E-state index < -0.39 is 0 Å². The maximum absolute atomic E-state index is 12.7. The molecule has 3 rings (SSSR count). The number of carbonyl (C=O) groups excluding carboxylic acids is 2. The van der Waals surface area contributed by atoms with Gasteiger partial charge in [-0.1, -0.05) is 36.4 Å². The van der Waals surface area contributed by atoms with Crippen molar-refractivity contribution in [3.8, 4) is 5.75 Å². The van der Waals surface area contributed by atoms with Crippen molar-refractivity contribution in [2.45, 2.75) is 45.6 Å². The monoisotopic (exact) mass is 380 g/mol. The van der Waals surface area contributed by atoms with Gasteiger partial charge >= 0.3 is 0 Å². The Labute approximate surface area is 166 Å². The maximum Gasteiger partial charge on any atom is 0.227 e. The SMILES string of the molecule is Cc1ccc2c(c1)N(C(=O)CCC(=O)NCCCc1ccccc1)CC(C)O2. The number of carbonyl (C=O) groups is 2. The summed E-state index contributed by atoms with van der Waals surface area (Å²) in [5.74, 6) is 0.608. The Morgan fingerprint density at radius 1 is 1.14 bits per heavy atom. The lowest BCUT2D eigenvalue weighted by Gasteiger charge is -2.33. The highest BCUT2D eigenvalue weighted by molar-refractivity contribution is 5.97. The number of ether oxygens (including phenoxy) is 1. The maximum atomic E-state index is 12.7. The van der Waals surface area contributed by atoms with Crippen molar-refractivity contribution in [1.82, 2.24) is 5.32 Å². The molecule has 1 unspecified atom stereocenters. The number of aryl methyl sites for hydroxylation is 2. The van der Waals surface area contributed by atoms with Crippen LogP contribution in [0.1, 0.15) is 37.3 Å². The second kappa shape index (κ2) is 9.40. The molecule has 148 valence electrons. The van der Waals surface area contributed by atoms with Gasteiger partial charge in [0.1, 0.15) is 11.9 Å². The van der Waals surface area contributed by atoms with Gasteiger partial charge in [-0.3, -0.25) is 9.59 Å². The topological polar surface area (TPSA) is 58.6 Å².